The first kappa shape index (κ1) is 20.8. The van der Waals surface area contributed by atoms with Crippen LogP contribution in [0.15, 0.2) is 42.5 Å². The Kier molecular flexibility index (Phi) is 8.14. The van der Waals surface area contributed by atoms with Crippen molar-refractivity contribution in [1.82, 2.24) is 0 Å². The molecule has 146 valence electrons. The highest BCUT2D eigenvalue weighted by molar-refractivity contribution is 8.17. The van der Waals surface area contributed by atoms with E-state index < -0.39 is 0 Å². The molecule has 0 nitrogen and oxygen atoms in total. The topological polar surface area (TPSA) is 0 Å². The van der Waals surface area contributed by atoms with Gasteiger partial charge in [0, 0.05) is 5.56 Å². The summed E-state index contributed by atoms with van der Waals surface area (Å²) in [7, 11) is 0. The van der Waals surface area contributed by atoms with Gasteiger partial charge in [0.15, 0.2) is 0 Å². The van der Waals surface area contributed by atoms with Gasteiger partial charge in [-0.25, -0.2) is 4.39 Å². The van der Waals surface area contributed by atoms with Gasteiger partial charge in [-0.2, -0.15) is 0 Å². The molecule has 0 radical (unpaired) electrons. The van der Waals surface area contributed by atoms with Crippen molar-refractivity contribution >= 4 is 23.5 Å². The summed E-state index contributed by atoms with van der Waals surface area (Å²) < 4.78 is 15.1. The summed E-state index contributed by atoms with van der Waals surface area (Å²) in [5.41, 5.74) is 4.08. The van der Waals surface area contributed by atoms with Gasteiger partial charge in [0.05, 0.1) is 4.58 Å². The van der Waals surface area contributed by atoms with E-state index in [9.17, 15) is 4.39 Å². The monoisotopic (exact) mass is 402 g/mol. The Balaban J connectivity index is 1.50. The van der Waals surface area contributed by atoms with Crippen molar-refractivity contribution in [2.75, 3.05) is 11.5 Å². The van der Waals surface area contributed by atoms with Crippen LogP contribution in [-0.4, -0.2) is 16.1 Å². The molecule has 0 aromatic heterocycles. The highest BCUT2D eigenvalue weighted by Crippen LogP contribution is 2.38. The largest absolute Gasteiger partial charge is 0.206 e. The second-order valence-electron chi connectivity index (χ2n) is 7.51. The number of hydrogen-bond donors (Lipinski definition) is 0. The second-order valence-corrected chi connectivity index (χ2v) is 10.3. The fourth-order valence-electron chi connectivity index (χ4n) is 3.56. The third kappa shape index (κ3) is 6.02. The maximum atomic E-state index is 14.3. The van der Waals surface area contributed by atoms with Crippen LogP contribution in [0.25, 0.3) is 11.1 Å². The second kappa shape index (κ2) is 10.6. The van der Waals surface area contributed by atoms with Crippen LogP contribution in [0.3, 0.4) is 0 Å². The maximum Gasteiger partial charge on any atom is 0.131 e. The maximum absolute atomic E-state index is 14.3. The van der Waals surface area contributed by atoms with Crippen LogP contribution in [0.2, 0.25) is 0 Å². The van der Waals surface area contributed by atoms with Crippen molar-refractivity contribution in [3.63, 3.8) is 0 Å². The van der Waals surface area contributed by atoms with Gasteiger partial charge in [-0.15, -0.1) is 23.5 Å². The molecule has 1 aliphatic rings. The quantitative estimate of drug-likeness (QED) is 0.446. The van der Waals surface area contributed by atoms with Gasteiger partial charge in [0.25, 0.3) is 0 Å². The first-order valence-corrected chi connectivity index (χ1v) is 12.4. The van der Waals surface area contributed by atoms with E-state index in [-0.39, 0.29) is 5.82 Å². The molecule has 1 fully saturated rings. The van der Waals surface area contributed by atoms with Crippen molar-refractivity contribution in [3.05, 3.63) is 59.4 Å². The van der Waals surface area contributed by atoms with Gasteiger partial charge >= 0.3 is 0 Å². The van der Waals surface area contributed by atoms with E-state index in [1.54, 1.807) is 6.07 Å². The average Bonchev–Trinajstić information content (AvgIpc) is 2.72. The van der Waals surface area contributed by atoms with Crippen molar-refractivity contribution < 1.29 is 4.39 Å². The first-order chi connectivity index (χ1) is 13.2. The van der Waals surface area contributed by atoms with Crippen LogP contribution < -0.4 is 0 Å². The Morgan fingerprint density at radius 2 is 1.63 bits per heavy atom. The molecule has 0 saturated carbocycles. The minimum atomic E-state index is -0.116. The summed E-state index contributed by atoms with van der Waals surface area (Å²) in [6, 6.07) is 14.1. The zero-order valence-corrected chi connectivity index (χ0v) is 18.2. The summed E-state index contributed by atoms with van der Waals surface area (Å²) in [5, 5.41) is 0. The minimum absolute atomic E-state index is 0.116. The van der Waals surface area contributed by atoms with Crippen molar-refractivity contribution in [2.24, 2.45) is 5.92 Å². The van der Waals surface area contributed by atoms with Gasteiger partial charge in [0.1, 0.15) is 5.82 Å². The molecular formula is C24H31FS2. The Morgan fingerprint density at radius 1 is 0.926 bits per heavy atom. The summed E-state index contributed by atoms with van der Waals surface area (Å²) >= 11 is 4.32. The summed E-state index contributed by atoms with van der Waals surface area (Å²) in [5.74, 6) is 3.48. The zero-order chi connectivity index (χ0) is 19.1. The van der Waals surface area contributed by atoms with E-state index in [1.165, 1.54) is 42.8 Å². The molecule has 27 heavy (non-hydrogen) atoms. The molecule has 0 atom stereocenters. The number of thioether (sulfide) groups is 2. The van der Waals surface area contributed by atoms with Crippen LogP contribution in [0.5, 0.6) is 0 Å². The normalized spacial score (nSPS) is 20.0. The molecule has 2 aromatic carbocycles. The summed E-state index contributed by atoms with van der Waals surface area (Å²) in [6.45, 7) is 4.34. The lowest BCUT2D eigenvalue weighted by atomic mass is 10.00. The highest BCUT2D eigenvalue weighted by Gasteiger charge is 2.21. The number of halogens is 1. The standard InChI is InChI=1S/C24H31FS2/c1-3-5-6-20-16-26-24(27-17-20)14-10-19-7-11-21(12-8-19)22-13-9-18(4-2)15-23(22)25/h7-9,11-13,15,20,24H,3-6,10,14,16-17H2,1-2H3. The van der Waals surface area contributed by atoms with E-state index in [2.05, 4.69) is 61.6 Å². The molecule has 2 aromatic rings. The van der Waals surface area contributed by atoms with Crippen LogP contribution in [0, 0.1) is 11.7 Å². The molecule has 3 heteroatoms. The van der Waals surface area contributed by atoms with Crippen LogP contribution in [0.4, 0.5) is 4.39 Å². The van der Waals surface area contributed by atoms with Gasteiger partial charge < -0.3 is 0 Å². The molecular weight excluding hydrogens is 371 g/mol. The van der Waals surface area contributed by atoms with E-state index in [1.807, 2.05) is 12.1 Å². The number of unbranched alkanes of at least 4 members (excludes halogenated alkanes) is 1. The highest BCUT2D eigenvalue weighted by atomic mass is 32.2. The Morgan fingerprint density at radius 3 is 2.26 bits per heavy atom. The SMILES string of the molecule is CCCCC1CSC(CCc2ccc(-c3ccc(CC)cc3F)cc2)SC1. The van der Waals surface area contributed by atoms with E-state index in [0.717, 1.165) is 34.5 Å². The van der Waals surface area contributed by atoms with Crippen LogP contribution >= 0.6 is 23.5 Å². The molecule has 1 heterocycles. The van der Waals surface area contributed by atoms with Crippen molar-refractivity contribution in [1.29, 1.82) is 0 Å². The lowest BCUT2D eigenvalue weighted by Crippen LogP contribution is -2.18. The Bertz CT molecular complexity index is 703. The molecule has 1 saturated heterocycles. The molecule has 0 unspecified atom stereocenters. The van der Waals surface area contributed by atoms with Crippen LogP contribution in [0.1, 0.15) is 50.7 Å². The Hall–Kier alpha value is -0.930. The van der Waals surface area contributed by atoms with Crippen LogP contribution in [-0.2, 0) is 12.8 Å². The molecule has 0 bridgehead atoms. The smallest absolute Gasteiger partial charge is 0.131 e. The number of hydrogen-bond acceptors (Lipinski definition) is 2. The van der Waals surface area contributed by atoms with Gasteiger partial charge in [-0.05, 0) is 65.9 Å². The Labute approximate surface area is 172 Å². The van der Waals surface area contributed by atoms with E-state index >= 15 is 0 Å². The van der Waals surface area contributed by atoms with E-state index in [4.69, 9.17) is 0 Å². The lowest BCUT2D eigenvalue weighted by Gasteiger charge is -2.27. The van der Waals surface area contributed by atoms with Gasteiger partial charge in [0.2, 0.25) is 0 Å². The van der Waals surface area contributed by atoms with Crippen molar-refractivity contribution in [3.8, 4) is 11.1 Å². The molecule has 0 N–H and O–H groups in total. The van der Waals surface area contributed by atoms with Gasteiger partial charge in [-0.1, -0.05) is 63.1 Å². The number of benzene rings is 2. The predicted molar refractivity (Wildman–Crippen MR) is 121 cm³/mol. The fourth-order valence-corrected chi connectivity index (χ4v) is 6.67. The molecule has 0 aliphatic carbocycles. The lowest BCUT2D eigenvalue weighted by molar-refractivity contribution is 0.562. The minimum Gasteiger partial charge on any atom is -0.206 e. The summed E-state index contributed by atoms with van der Waals surface area (Å²) in [6.07, 6.45) is 7.31. The number of rotatable bonds is 8. The van der Waals surface area contributed by atoms with Crippen molar-refractivity contribution in [2.45, 2.75) is 57.0 Å². The predicted octanol–water partition coefficient (Wildman–Crippen LogP) is 7.60. The third-order valence-corrected chi connectivity index (χ3v) is 8.74. The third-order valence-electron chi connectivity index (χ3n) is 5.38. The number of aryl methyl sites for hydroxylation is 2. The van der Waals surface area contributed by atoms with Gasteiger partial charge in [-0.3, -0.25) is 0 Å². The molecule has 0 amide bonds. The molecule has 0 spiro atoms. The fraction of sp³-hybridized carbons (Fsp3) is 0.500. The molecule has 3 rings (SSSR count). The molecule has 1 aliphatic heterocycles. The first-order valence-electron chi connectivity index (χ1n) is 10.3. The van der Waals surface area contributed by atoms with E-state index in [0.29, 0.717) is 5.56 Å². The average molecular weight is 403 g/mol. The zero-order valence-electron chi connectivity index (χ0n) is 16.5. The summed E-state index contributed by atoms with van der Waals surface area (Å²) in [4.78, 5) is 0.